The van der Waals surface area contributed by atoms with E-state index < -0.39 is 10.0 Å². The molecule has 8 heteroatoms. The molecule has 22 heavy (non-hydrogen) atoms. The normalized spacial score (nSPS) is 19.0. The van der Waals surface area contributed by atoms with E-state index in [0.29, 0.717) is 19.7 Å². The second-order valence-electron chi connectivity index (χ2n) is 6.01. The van der Waals surface area contributed by atoms with Crippen molar-refractivity contribution in [2.24, 2.45) is 0 Å². The van der Waals surface area contributed by atoms with Crippen LogP contribution in [0.5, 0.6) is 0 Å². The zero-order valence-electron chi connectivity index (χ0n) is 13.9. The average Bonchev–Trinajstić information content (AvgIpc) is 2.91. The lowest BCUT2D eigenvalue weighted by Crippen LogP contribution is -2.39. The molecule has 0 aliphatic carbocycles. The predicted octanol–water partition coefficient (Wildman–Crippen LogP) is -0.115. The number of amides is 1. The van der Waals surface area contributed by atoms with Gasteiger partial charge in [0.15, 0.2) is 0 Å². The maximum Gasteiger partial charge on any atom is 0.221 e. The Morgan fingerprint density at radius 1 is 1.32 bits per heavy atom. The number of carbonyl (C=O) groups excluding carboxylic acids is 1. The number of ether oxygens (including phenoxy) is 1. The predicted molar refractivity (Wildman–Crippen MR) is 86.2 cm³/mol. The highest BCUT2D eigenvalue weighted by atomic mass is 32.2. The van der Waals surface area contributed by atoms with E-state index in [1.165, 1.54) is 10.6 Å². The SMILES string of the molecule is CN(C)CCCNC(=O)CCN(CC1CCCO1)S(C)(=O)=O. The molecule has 1 rings (SSSR count). The van der Waals surface area contributed by atoms with E-state index in [9.17, 15) is 13.2 Å². The lowest BCUT2D eigenvalue weighted by Gasteiger charge is -2.22. The summed E-state index contributed by atoms with van der Waals surface area (Å²) in [6.45, 7) is 2.76. The Kier molecular flexibility index (Phi) is 8.30. The maximum atomic E-state index is 11.8. The van der Waals surface area contributed by atoms with Crippen LogP contribution in [0.15, 0.2) is 0 Å². The smallest absolute Gasteiger partial charge is 0.221 e. The Morgan fingerprint density at radius 2 is 2.05 bits per heavy atom. The standard InChI is InChI=1S/C14H29N3O4S/c1-16(2)9-5-8-15-14(18)7-10-17(22(3,19)20)12-13-6-4-11-21-13/h13H,4-12H2,1-3H3,(H,15,18). The van der Waals surface area contributed by atoms with Crippen molar-refractivity contribution < 1.29 is 17.9 Å². The summed E-state index contributed by atoms with van der Waals surface area (Å²) in [5, 5.41) is 2.82. The van der Waals surface area contributed by atoms with Gasteiger partial charge in [0.2, 0.25) is 15.9 Å². The van der Waals surface area contributed by atoms with E-state index in [0.717, 1.165) is 25.8 Å². The summed E-state index contributed by atoms with van der Waals surface area (Å²) in [4.78, 5) is 13.8. The molecular formula is C14H29N3O4S. The van der Waals surface area contributed by atoms with Crippen molar-refractivity contribution >= 4 is 15.9 Å². The molecule has 0 radical (unpaired) electrons. The van der Waals surface area contributed by atoms with E-state index >= 15 is 0 Å². The zero-order chi connectivity index (χ0) is 16.6. The molecule has 1 fully saturated rings. The van der Waals surface area contributed by atoms with Gasteiger partial charge in [0.1, 0.15) is 0 Å². The number of carbonyl (C=O) groups is 1. The minimum absolute atomic E-state index is 0.0436. The average molecular weight is 335 g/mol. The van der Waals surface area contributed by atoms with E-state index in [-0.39, 0.29) is 25.0 Å². The van der Waals surface area contributed by atoms with E-state index in [2.05, 4.69) is 10.2 Å². The number of nitrogens with one attached hydrogen (secondary N) is 1. The first-order chi connectivity index (χ1) is 10.3. The first-order valence-corrected chi connectivity index (χ1v) is 9.62. The van der Waals surface area contributed by atoms with Crippen LogP contribution in [-0.4, -0.2) is 82.8 Å². The van der Waals surface area contributed by atoms with Crippen LogP contribution >= 0.6 is 0 Å². The Bertz CT molecular complexity index is 433. The van der Waals surface area contributed by atoms with E-state index in [4.69, 9.17) is 4.74 Å². The van der Waals surface area contributed by atoms with Crippen LogP contribution < -0.4 is 5.32 Å². The molecule has 130 valence electrons. The Morgan fingerprint density at radius 3 is 2.59 bits per heavy atom. The van der Waals surface area contributed by atoms with Crippen molar-refractivity contribution in [1.82, 2.24) is 14.5 Å². The molecule has 0 saturated carbocycles. The van der Waals surface area contributed by atoms with Crippen LogP contribution in [0.2, 0.25) is 0 Å². The second-order valence-corrected chi connectivity index (χ2v) is 8.00. The molecule has 1 saturated heterocycles. The lowest BCUT2D eigenvalue weighted by molar-refractivity contribution is -0.121. The summed E-state index contributed by atoms with van der Waals surface area (Å²) in [6.07, 6.45) is 4.04. The number of sulfonamides is 1. The molecular weight excluding hydrogens is 306 g/mol. The summed E-state index contributed by atoms with van der Waals surface area (Å²) >= 11 is 0. The minimum atomic E-state index is -3.32. The van der Waals surface area contributed by atoms with Crippen LogP contribution in [0.4, 0.5) is 0 Å². The second kappa shape index (κ2) is 9.44. The lowest BCUT2D eigenvalue weighted by atomic mass is 10.2. The third-order valence-corrected chi connectivity index (χ3v) is 4.86. The number of hydrogen-bond acceptors (Lipinski definition) is 5. The highest BCUT2D eigenvalue weighted by molar-refractivity contribution is 7.88. The van der Waals surface area contributed by atoms with Gasteiger partial charge in [-0.1, -0.05) is 0 Å². The fourth-order valence-corrected chi connectivity index (χ4v) is 3.21. The van der Waals surface area contributed by atoms with Crippen molar-refractivity contribution in [2.75, 3.05) is 53.1 Å². The van der Waals surface area contributed by atoms with Gasteiger partial charge in [0, 0.05) is 32.7 Å². The molecule has 1 amide bonds. The number of nitrogens with zero attached hydrogens (tertiary/aromatic N) is 2. The molecule has 1 N–H and O–H groups in total. The van der Waals surface area contributed by atoms with Gasteiger partial charge >= 0.3 is 0 Å². The fraction of sp³-hybridized carbons (Fsp3) is 0.929. The molecule has 1 unspecified atom stereocenters. The first-order valence-electron chi connectivity index (χ1n) is 7.77. The number of rotatable bonds is 10. The Labute approximate surface area is 134 Å². The van der Waals surface area contributed by atoms with Gasteiger partial charge in [-0.2, -0.15) is 4.31 Å². The van der Waals surface area contributed by atoms with Crippen molar-refractivity contribution in [2.45, 2.75) is 31.8 Å². The Hall–Kier alpha value is -0.700. The minimum Gasteiger partial charge on any atom is -0.377 e. The largest absolute Gasteiger partial charge is 0.377 e. The quantitative estimate of drug-likeness (QED) is 0.563. The van der Waals surface area contributed by atoms with E-state index in [1.807, 2.05) is 14.1 Å². The maximum absolute atomic E-state index is 11.8. The monoisotopic (exact) mass is 335 g/mol. The third kappa shape index (κ3) is 8.07. The van der Waals surface area contributed by atoms with E-state index in [1.54, 1.807) is 0 Å². The molecule has 0 bridgehead atoms. The van der Waals surface area contributed by atoms with Crippen molar-refractivity contribution in [3.05, 3.63) is 0 Å². The molecule has 0 aromatic rings. The van der Waals surface area contributed by atoms with Crippen LogP contribution in [0.3, 0.4) is 0 Å². The van der Waals surface area contributed by atoms with Crippen LogP contribution in [0.1, 0.15) is 25.7 Å². The first kappa shape index (κ1) is 19.3. The molecule has 0 spiro atoms. The molecule has 0 aromatic heterocycles. The summed E-state index contributed by atoms with van der Waals surface area (Å²) in [5.41, 5.74) is 0. The molecule has 1 atom stereocenters. The van der Waals surface area contributed by atoms with Gasteiger partial charge in [0.25, 0.3) is 0 Å². The van der Waals surface area contributed by atoms with Crippen molar-refractivity contribution in [3.63, 3.8) is 0 Å². The highest BCUT2D eigenvalue weighted by Crippen LogP contribution is 2.15. The number of hydrogen-bond donors (Lipinski definition) is 1. The topological polar surface area (TPSA) is 79.0 Å². The van der Waals surface area contributed by atoms with Gasteiger partial charge in [-0.15, -0.1) is 0 Å². The summed E-state index contributed by atoms with van der Waals surface area (Å²) < 4.78 is 30.4. The molecule has 1 aliphatic heterocycles. The Balaban J connectivity index is 2.31. The van der Waals surface area contributed by atoms with Gasteiger partial charge in [0.05, 0.1) is 12.4 Å². The van der Waals surface area contributed by atoms with Crippen LogP contribution in [-0.2, 0) is 19.6 Å². The molecule has 7 nitrogen and oxygen atoms in total. The van der Waals surface area contributed by atoms with Crippen LogP contribution in [0, 0.1) is 0 Å². The van der Waals surface area contributed by atoms with Gasteiger partial charge in [-0.25, -0.2) is 8.42 Å². The fourth-order valence-electron chi connectivity index (χ4n) is 2.35. The van der Waals surface area contributed by atoms with Gasteiger partial charge in [-0.05, 0) is 39.9 Å². The third-order valence-electron chi connectivity index (χ3n) is 3.59. The van der Waals surface area contributed by atoms with Crippen LogP contribution in [0.25, 0.3) is 0 Å². The van der Waals surface area contributed by atoms with Crippen molar-refractivity contribution in [1.29, 1.82) is 0 Å². The molecule has 1 aliphatic rings. The summed E-state index contributed by atoms with van der Waals surface area (Å²) in [7, 11) is 0.648. The highest BCUT2D eigenvalue weighted by Gasteiger charge is 2.24. The zero-order valence-corrected chi connectivity index (χ0v) is 14.7. The van der Waals surface area contributed by atoms with Gasteiger partial charge < -0.3 is 15.0 Å². The molecule has 0 aromatic carbocycles. The van der Waals surface area contributed by atoms with Crippen molar-refractivity contribution in [3.8, 4) is 0 Å². The summed E-state index contributed by atoms with van der Waals surface area (Å²) in [5.74, 6) is -0.111. The molecule has 1 heterocycles. The van der Waals surface area contributed by atoms with Gasteiger partial charge in [-0.3, -0.25) is 4.79 Å². The summed E-state index contributed by atoms with van der Waals surface area (Å²) in [6, 6.07) is 0.